The number of carbonyl (C=O) groups is 1. The van der Waals surface area contributed by atoms with Crippen molar-refractivity contribution in [2.24, 2.45) is 11.3 Å². The molecule has 2 aromatic rings. The fraction of sp³-hybridized carbons (Fsp3) is 0.636. The first-order valence-electron chi connectivity index (χ1n) is 10.7. The highest BCUT2D eigenvalue weighted by Crippen LogP contribution is 2.49. The Bertz CT molecular complexity index is 969. The van der Waals surface area contributed by atoms with Crippen LogP contribution in [0, 0.1) is 16.5 Å². The van der Waals surface area contributed by atoms with Gasteiger partial charge in [-0.3, -0.25) is 4.79 Å². The van der Waals surface area contributed by atoms with Gasteiger partial charge in [0, 0.05) is 5.56 Å². The number of halogens is 1. The Balaban J connectivity index is 2.21. The standard InChI is InChI=1S/C22H32FN5O3/c1-13(2)22(23)8-7-14(3)17-18(20(30)25-15(12-29)21(4,5)6)26-28(19(17)22)16-11-27(31)10-9-24-16/h9-11,13-15,29H,7-8,12H2,1-6H3,(H,25,30)/t14-,15-,22?/m1/s1. The van der Waals surface area contributed by atoms with Crippen LogP contribution >= 0.6 is 0 Å². The van der Waals surface area contributed by atoms with E-state index >= 15 is 4.39 Å². The molecule has 0 aliphatic heterocycles. The maximum Gasteiger partial charge on any atom is 0.272 e. The second-order valence-corrected chi connectivity index (χ2v) is 9.83. The van der Waals surface area contributed by atoms with Crippen LogP contribution in [0.4, 0.5) is 4.39 Å². The van der Waals surface area contributed by atoms with E-state index < -0.39 is 17.6 Å². The number of aliphatic hydroxyl groups excluding tert-OH is 1. The molecule has 1 unspecified atom stereocenters. The molecule has 0 aromatic carbocycles. The van der Waals surface area contributed by atoms with E-state index in [1.165, 1.54) is 23.3 Å². The summed E-state index contributed by atoms with van der Waals surface area (Å²) in [7, 11) is 0. The summed E-state index contributed by atoms with van der Waals surface area (Å²) in [6.45, 7) is 11.0. The predicted molar refractivity (Wildman–Crippen MR) is 113 cm³/mol. The van der Waals surface area contributed by atoms with Gasteiger partial charge in [0.25, 0.3) is 5.91 Å². The Labute approximate surface area is 182 Å². The van der Waals surface area contributed by atoms with E-state index in [-0.39, 0.29) is 47.5 Å². The van der Waals surface area contributed by atoms with Gasteiger partial charge in [-0.1, -0.05) is 41.5 Å². The highest BCUT2D eigenvalue weighted by Gasteiger charge is 2.48. The second kappa shape index (κ2) is 8.18. The fourth-order valence-corrected chi connectivity index (χ4v) is 4.12. The predicted octanol–water partition coefficient (Wildman–Crippen LogP) is 2.76. The smallest absolute Gasteiger partial charge is 0.272 e. The molecule has 170 valence electrons. The summed E-state index contributed by atoms with van der Waals surface area (Å²) in [5.41, 5.74) is -1.18. The van der Waals surface area contributed by atoms with Crippen molar-refractivity contribution < 1.29 is 19.0 Å². The van der Waals surface area contributed by atoms with Gasteiger partial charge in [-0.25, -0.2) is 14.1 Å². The highest BCUT2D eigenvalue weighted by molar-refractivity contribution is 5.94. The summed E-state index contributed by atoms with van der Waals surface area (Å²) in [5, 5.41) is 29.0. The molecule has 9 heteroatoms. The van der Waals surface area contributed by atoms with E-state index in [0.29, 0.717) is 16.7 Å². The van der Waals surface area contributed by atoms with E-state index in [1.807, 2.05) is 27.7 Å². The molecule has 0 saturated carbocycles. The number of hydrogen-bond donors (Lipinski definition) is 2. The van der Waals surface area contributed by atoms with Crippen molar-refractivity contribution >= 4 is 5.91 Å². The van der Waals surface area contributed by atoms with Gasteiger partial charge in [0.1, 0.15) is 0 Å². The molecule has 0 saturated heterocycles. The van der Waals surface area contributed by atoms with Gasteiger partial charge in [0.2, 0.25) is 12.0 Å². The Kier molecular flexibility index (Phi) is 6.10. The summed E-state index contributed by atoms with van der Waals surface area (Å²) in [6, 6.07) is -0.501. The lowest BCUT2D eigenvalue weighted by atomic mass is 9.73. The number of carbonyl (C=O) groups excluding carboxylic acids is 1. The van der Waals surface area contributed by atoms with Crippen LogP contribution in [0.25, 0.3) is 5.82 Å². The third-order valence-electron chi connectivity index (χ3n) is 6.29. The molecule has 0 spiro atoms. The first-order valence-corrected chi connectivity index (χ1v) is 10.7. The zero-order chi connectivity index (χ0) is 23.1. The number of aromatic nitrogens is 4. The lowest BCUT2D eigenvalue weighted by Crippen LogP contribution is -2.46. The number of fused-ring (bicyclic) bond motifs is 1. The monoisotopic (exact) mass is 433 g/mol. The van der Waals surface area contributed by atoms with Gasteiger partial charge in [-0.05, 0) is 30.1 Å². The zero-order valence-corrected chi connectivity index (χ0v) is 19.0. The molecule has 1 aliphatic rings. The number of rotatable bonds is 5. The van der Waals surface area contributed by atoms with Crippen LogP contribution in [0.1, 0.15) is 82.0 Å². The van der Waals surface area contributed by atoms with E-state index in [2.05, 4.69) is 15.4 Å². The minimum absolute atomic E-state index is 0.0996. The average molecular weight is 434 g/mol. The third kappa shape index (κ3) is 4.15. The molecular weight excluding hydrogens is 401 g/mol. The van der Waals surface area contributed by atoms with Crippen molar-refractivity contribution in [1.29, 1.82) is 0 Å². The Morgan fingerprint density at radius 3 is 2.71 bits per heavy atom. The first-order chi connectivity index (χ1) is 14.4. The molecule has 0 radical (unpaired) electrons. The Hall–Kier alpha value is -2.55. The van der Waals surface area contributed by atoms with Crippen molar-refractivity contribution in [2.45, 2.75) is 72.0 Å². The van der Waals surface area contributed by atoms with Crippen LogP contribution in [-0.2, 0) is 5.67 Å². The van der Waals surface area contributed by atoms with Gasteiger partial charge in [-0.2, -0.15) is 9.83 Å². The molecule has 1 amide bonds. The topological polar surface area (TPSA) is 107 Å². The summed E-state index contributed by atoms with van der Waals surface area (Å²) < 4.78 is 18.2. The summed E-state index contributed by atoms with van der Waals surface area (Å²) in [4.78, 5) is 17.5. The van der Waals surface area contributed by atoms with Crippen LogP contribution in [0.15, 0.2) is 18.6 Å². The Morgan fingerprint density at radius 1 is 1.48 bits per heavy atom. The minimum Gasteiger partial charge on any atom is -0.619 e. The molecular formula is C22H32FN5O3. The van der Waals surface area contributed by atoms with Gasteiger partial charge in [0.15, 0.2) is 17.6 Å². The number of nitrogens with zero attached hydrogens (tertiary/aromatic N) is 4. The van der Waals surface area contributed by atoms with Crippen molar-refractivity contribution in [3.63, 3.8) is 0 Å². The van der Waals surface area contributed by atoms with Crippen LogP contribution in [0.2, 0.25) is 0 Å². The van der Waals surface area contributed by atoms with Crippen molar-refractivity contribution in [1.82, 2.24) is 20.1 Å². The van der Waals surface area contributed by atoms with Gasteiger partial charge < -0.3 is 15.6 Å². The molecule has 1 aliphatic carbocycles. The summed E-state index contributed by atoms with van der Waals surface area (Å²) in [5.74, 6) is -0.792. The van der Waals surface area contributed by atoms with Gasteiger partial charge in [0.05, 0.1) is 24.5 Å². The molecule has 3 rings (SSSR count). The molecule has 3 atom stereocenters. The number of aliphatic hydroxyl groups is 1. The molecule has 8 nitrogen and oxygen atoms in total. The number of amides is 1. The Morgan fingerprint density at radius 2 is 2.16 bits per heavy atom. The first kappa shape index (κ1) is 23.1. The van der Waals surface area contributed by atoms with Crippen molar-refractivity contribution in [2.75, 3.05) is 6.61 Å². The zero-order valence-electron chi connectivity index (χ0n) is 19.0. The molecule has 31 heavy (non-hydrogen) atoms. The summed E-state index contributed by atoms with van der Waals surface area (Å²) in [6.07, 6.45) is 4.62. The molecule has 0 fully saturated rings. The van der Waals surface area contributed by atoms with Crippen molar-refractivity contribution in [3.8, 4) is 5.82 Å². The van der Waals surface area contributed by atoms with Crippen LogP contribution < -0.4 is 10.0 Å². The van der Waals surface area contributed by atoms with E-state index in [9.17, 15) is 15.1 Å². The largest absolute Gasteiger partial charge is 0.619 e. The van der Waals surface area contributed by atoms with Gasteiger partial charge >= 0.3 is 0 Å². The summed E-state index contributed by atoms with van der Waals surface area (Å²) >= 11 is 0. The number of alkyl halides is 1. The molecule has 2 aromatic heterocycles. The van der Waals surface area contributed by atoms with E-state index in [4.69, 9.17) is 0 Å². The lowest BCUT2D eigenvalue weighted by molar-refractivity contribution is -0.605. The van der Waals surface area contributed by atoms with Crippen LogP contribution in [0.3, 0.4) is 0 Å². The maximum atomic E-state index is 16.4. The SMILES string of the molecule is CC(C)C1(F)CC[C@@H](C)c2c(C(=O)N[C@H](CO)C(C)(C)C)nn(-c3c[n+]([O-])ccn3)c21. The quantitative estimate of drug-likeness (QED) is 0.557. The van der Waals surface area contributed by atoms with E-state index in [0.717, 1.165) is 0 Å². The average Bonchev–Trinajstić information content (AvgIpc) is 3.10. The number of hydrogen-bond acceptors (Lipinski definition) is 5. The van der Waals surface area contributed by atoms with Gasteiger partial charge in [-0.15, -0.1) is 0 Å². The fourth-order valence-electron chi connectivity index (χ4n) is 4.12. The normalized spacial score (nSPS) is 22.3. The minimum atomic E-state index is -1.72. The number of nitrogens with one attached hydrogen (secondary N) is 1. The second-order valence-electron chi connectivity index (χ2n) is 9.83. The molecule has 0 bridgehead atoms. The molecule has 2 N–H and O–H groups in total. The van der Waals surface area contributed by atoms with Crippen LogP contribution in [0.5, 0.6) is 0 Å². The van der Waals surface area contributed by atoms with Crippen molar-refractivity contribution in [3.05, 3.63) is 40.7 Å². The van der Waals surface area contributed by atoms with Crippen LogP contribution in [-0.4, -0.2) is 38.4 Å². The van der Waals surface area contributed by atoms with E-state index in [1.54, 1.807) is 13.8 Å². The lowest BCUT2D eigenvalue weighted by Gasteiger charge is -2.36. The maximum absolute atomic E-state index is 16.4. The highest BCUT2D eigenvalue weighted by atomic mass is 19.1. The third-order valence-corrected chi connectivity index (χ3v) is 6.29. The molecule has 2 heterocycles.